The fourth-order valence-corrected chi connectivity index (χ4v) is 3.58. The molecule has 2 heterocycles. The quantitative estimate of drug-likeness (QED) is 0.474. The third kappa shape index (κ3) is 4.48. The maximum Gasteiger partial charge on any atom is 0.573 e. The number of ether oxygens (including phenoxy) is 1. The van der Waals surface area contributed by atoms with E-state index in [0.717, 1.165) is 22.2 Å². The van der Waals surface area contributed by atoms with Crippen molar-refractivity contribution in [2.45, 2.75) is 39.6 Å². The molecule has 0 spiro atoms. The first-order chi connectivity index (χ1) is 15.1. The molecular weight excluding hydrogens is 425 g/mol. The van der Waals surface area contributed by atoms with E-state index in [1.165, 1.54) is 12.1 Å². The number of halogens is 3. The maximum absolute atomic E-state index is 12.3. The second kappa shape index (κ2) is 8.10. The summed E-state index contributed by atoms with van der Waals surface area (Å²) in [6, 6.07) is 9.49. The van der Waals surface area contributed by atoms with Gasteiger partial charge in [-0.25, -0.2) is 9.78 Å². The molecule has 0 radical (unpaired) electrons. The van der Waals surface area contributed by atoms with Gasteiger partial charge in [-0.15, -0.1) is 13.2 Å². The lowest BCUT2D eigenvalue weighted by Crippen LogP contribution is -2.29. The molecule has 4 rings (SSSR count). The monoisotopic (exact) mass is 444 g/mol. The topological polar surface area (TPSA) is 89.9 Å². The Morgan fingerprint density at radius 3 is 2.41 bits per heavy atom. The summed E-state index contributed by atoms with van der Waals surface area (Å²) in [6.07, 6.45) is -3.58. The third-order valence-corrected chi connectivity index (χ3v) is 5.23. The Morgan fingerprint density at radius 2 is 1.72 bits per heavy atom. The summed E-state index contributed by atoms with van der Waals surface area (Å²) < 4.78 is 42.6. The number of aromatic nitrogens is 4. The van der Waals surface area contributed by atoms with Crippen LogP contribution in [0.5, 0.6) is 5.75 Å². The van der Waals surface area contributed by atoms with Gasteiger partial charge in [0.2, 0.25) is 0 Å². The Hall–Kier alpha value is -3.69. The Labute approximate surface area is 179 Å². The van der Waals surface area contributed by atoms with Crippen LogP contribution in [0, 0.1) is 13.8 Å². The standard InChI is InChI=1S/C22H19F3N4O3/c1-12-10-16-17(11-13(12)2)29(19-18(26-16)20(30)28-21(31)27-19)9-3-4-14-5-7-15(8-6-14)32-22(23,24)25/h5-8,10-11H,3-4,9H2,1-2H3,(H,28,30,31). The lowest BCUT2D eigenvalue weighted by atomic mass is 10.1. The van der Waals surface area contributed by atoms with E-state index in [2.05, 4.69) is 19.7 Å². The van der Waals surface area contributed by atoms with E-state index in [-0.39, 0.29) is 17.3 Å². The number of hydrogen-bond donors (Lipinski definition) is 1. The number of aryl methyl sites for hydroxylation is 4. The third-order valence-electron chi connectivity index (χ3n) is 5.23. The molecule has 0 saturated heterocycles. The second-order valence-electron chi connectivity index (χ2n) is 7.53. The maximum atomic E-state index is 12.3. The first kappa shape index (κ1) is 21.5. The highest BCUT2D eigenvalue weighted by Crippen LogP contribution is 2.25. The number of H-pyrrole nitrogens is 1. The summed E-state index contributed by atoms with van der Waals surface area (Å²) >= 11 is 0. The lowest BCUT2D eigenvalue weighted by molar-refractivity contribution is -0.274. The average molecular weight is 444 g/mol. The molecule has 2 aliphatic heterocycles. The molecule has 2 aromatic rings. The van der Waals surface area contributed by atoms with Gasteiger partial charge < -0.3 is 9.30 Å². The number of nitrogens with zero attached hydrogens (tertiary/aromatic N) is 3. The number of hydrogen-bond acceptors (Lipinski definition) is 5. The lowest BCUT2D eigenvalue weighted by Gasteiger charge is -2.18. The number of nitrogens with one attached hydrogen (secondary N) is 1. The summed E-state index contributed by atoms with van der Waals surface area (Å²) in [5.74, 6) is -0.0811. The molecule has 32 heavy (non-hydrogen) atoms. The first-order valence-corrected chi connectivity index (χ1v) is 9.87. The van der Waals surface area contributed by atoms with Crippen molar-refractivity contribution in [3.05, 3.63) is 73.9 Å². The van der Waals surface area contributed by atoms with Gasteiger partial charge in [-0.05, 0) is 67.6 Å². The van der Waals surface area contributed by atoms with Crippen LogP contribution in [-0.4, -0.2) is 25.9 Å². The molecule has 2 aliphatic rings. The number of benzene rings is 2. The van der Waals surface area contributed by atoms with Gasteiger partial charge in [-0.1, -0.05) is 12.1 Å². The molecule has 0 aromatic heterocycles. The normalized spacial score (nSPS) is 11.9. The van der Waals surface area contributed by atoms with Crippen molar-refractivity contribution in [3.8, 4) is 17.3 Å². The van der Waals surface area contributed by atoms with Gasteiger partial charge in [-0.3, -0.25) is 9.78 Å². The van der Waals surface area contributed by atoms with Crippen LogP contribution in [0.15, 0.2) is 46.0 Å². The van der Waals surface area contributed by atoms with Crippen molar-refractivity contribution < 1.29 is 17.9 Å². The minimum Gasteiger partial charge on any atom is -0.406 e. The molecule has 2 aromatic carbocycles. The molecule has 0 bridgehead atoms. The van der Waals surface area contributed by atoms with E-state index in [1.807, 2.05) is 26.0 Å². The zero-order valence-electron chi connectivity index (χ0n) is 17.3. The van der Waals surface area contributed by atoms with Crippen LogP contribution in [0.25, 0.3) is 22.6 Å². The summed E-state index contributed by atoms with van der Waals surface area (Å²) in [5, 5.41) is 0. The molecule has 7 nitrogen and oxygen atoms in total. The molecule has 0 aliphatic carbocycles. The molecule has 0 saturated carbocycles. The van der Waals surface area contributed by atoms with E-state index in [0.29, 0.717) is 24.9 Å². The molecule has 0 amide bonds. The van der Waals surface area contributed by atoms with Crippen LogP contribution in [-0.2, 0) is 13.0 Å². The van der Waals surface area contributed by atoms with E-state index in [1.54, 1.807) is 16.7 Å². The summed E-state index contributed by atoms with van der Waals surface area (Å²) in [7, 11) is 0. The molecular formula is C22H19F3N4O3. The van der Waals surface area contributed by atoms with E-state index in [9.17, 15) is 22.8 Å². The predicted molar refractivity (Wildman–Crippen MR) is 112 cm³/mol. The van der Waals surface area contributed by atoms with Crippen LogP contribution < -0.4 is 16.0 Å². The fraction of sp³-hybridized carbons (Fsp3) is 0.273. The summed E-state index contributed by atoms with van der Waals surface area (Å²) in [5.41, 5.74) is 2.95. The molecule has 1 N–H and O–H groups in total. The number of alkyl halides is 3. The van der Waals surface area contributed by atoms with Crippen LogP contribution in [0.3, 0.4) is 0 Å². The van der Waals surface area contributed by atoms with Gasteiger partial charge in [0.15, 0.2) is 11.5 Å². The second-order valence-corrected chi connectivity index (χ2v) is 7.53. The Morgan fingerprint density at radius 1 is 1.03 bits per heavy atom. The zero-order chi connectivity index (χ0) is 23.0. The number of fused-ring (bicyclic) bond motifs is 2. The highest BCUT2D eigenvalue weighted by atomic mass is 19.4. The van der Waals surface area contributed by atoms with Crippen LogP contribution >= 0.6 is 0 Å². The molecule has 166 valence electrons. The van der Waals surface area contributed by atoms with Crippen molar-refractivity contribution in [3.63, 3.8) is 0 Å². The van der Waals surface area contributed by atoms with Crippen molar-refractivity contribution in [2.75, 3.05) is 0 Å². The fourth-order valence-electron chi connectivity index (χ4n) is 3.58. The Balaban J connectivity index is 1.65. The highest BCUT2D eigenvalue weighted by Gasteiger charge is 2.30. The highest BCUT2D eigenvalue weighted by molar-refractivity contribution is 5.81. The van der Waals surface area contributed by atoms with Gasteiger partial charge in [0.25, 0.3) is 5.56 Å². The zero-order valence-corrected chi connectivity index (χ0v) is 17.3. The van der Waals surface area contributed by atoms with E-state index < -0.39 is 17.6 Å². The SMILES string of the molecule is Cc1cc2nc3c(=O)[nH]c(=O)nc-3n(CCCc3ccc(OC(F)(F)F)cc3)c2cc1C. The average Bonchev–Trinajstić information content (AvgIpc) is 2.70. The van der Waals surface area contributed by atoms with Crippen LogP contribution in [0.1, 0.15) is 23.1 Å². The Bertz CT molecular complexity index is 1370. The minimum atomic E-state index is -4.73. The molecule has 0 unspecified atom stereocenters. The molecule has 0 fully saturated rings. The van der Waals surface area contributed by atoms with Crippen molar-refractivity contribution in [2.24, 2.45) is 0 Å². The van der Waals surface area contributed by atoms with E-state index >= 15 is 0 Å². The van der Waals surface area contributed by atoms with Gasteiger partial charge in [-0.2, -0.15) is 4.98 Å². The minimum absolute atomic E-state index is 0.0778. The smallest absolute Gasteiger partial charge is 0.406 e. The van der Waals surface area contributed by atoms with Gasteiger partial charge >= 0.3 is 12.1 Å². The van der Waals surface area contributed by atoms with Crippen LogP contribution in [0.2, 0.25) is 0 Å². The predicted octanol–water partition coefficient (Wildman–Crippen LogP) is 3.73. The van der Waals surface area contributed by atoms with Gasteiger partial charge in [0, 0.05) is 6.54 Å². The first-order valence-electron chi connectivity index (χ1n) is 9.87. The largest absolute Gasteiger partial charge is 0.573 e. The van der Waals surface area contributed by atoms with Crippen molar-refractivity contribution >= 4 is 11.0 Å². The summed E-state index contributed by atoms with van der Waals surface area (Å²) in [6.45, 7) is 4.33. The number of aromatic amines is 1. The van der Waals surface area contributed by atoms with Crippen LogP contribution in [0.4, 0.5) is 13.2 Å². The van der Waals surface area contributed by atoms with E-state index in [4.69, 9.17) is 0 Å². The van der Waals surface area contributed by atoms with Gasteiger partial charge in [0.1, 0.15) is 5.75 Å². The van der Waals surface area contributed by atoms with Gasteiger partial charge in [0.05, 0.1) is 11.0 Å². The van der Waals surface area contributed by atoms with Crippen molar-refractivity contribution in [1.82, 2.24) is 19.5 Å². The Kier molecular flexibility index (Phi) is 5.45. The molecule has 10 heteroatoms. The molecule has 0 atom stereocenters. The van der Waals surface area contributed by atoms with Crippen molar-refractivity contribution in [1.29, 1.82) is 0 Å². The summed E-state index contributed by atoms with van der Waals surface area (Å²) in [4.78, 5) is 34.7. The number of rotatable bonds is 5.